The van der Waals surface area contributed by atoms with Gasteiger partial charge in [0.05, 0.1) is 13.1 Å². The third kappa shape index (κ3) is 3.59. The molecule has 3 fully saturated rings. The number of carbonyl (C=O) groups excluding carboxylic acids is 1. The van der Waals surface area contributed by atoms with Gasteiger partial charge >= 0.3 is 0 Å². The first-order valence-corrected chi connectivity index (χ1v) is 8.61. The lowest BCUT2D eigenvalue weighted by atomic mass is 9.79. The van der Waals surface area contributed by atoms with Gasteiger partial charge in [-0.15, -0.1) is 0 Å². The molecular formula is C17H29NO3. The molecule has 1 amide bonds. The summed E-state index contributed by atoms with van der Waals surface area (Å²) >= 11 is 0. The minimum absolute atomic E-state index is 0.0258. The van der Waals surface area contributed by atoms with Gasteiger partial charge in [-0.1, -0.05) is 12.8 Å². The van der Waals surface area contributed by atoms with Crippen LogP contribution in [0.15, 0.2) is 0 Å². The van der Waals surface area contributed by atoms with Gasteiger partial charge in [-0.2, -0.15) is 0 Å². The molecule has 0 aromatic carbocycles. The Balaban J connectivity index is 1.43. The zero-order chi connectivity index (χ0) is 14.7. The lowest BCUT2D eigenvalue weighted by Crippen LogP contribution is -2.66. The number of nitrogens with zero attached hydrogens (tertiary/aromatic N) is 1. The second-order valence-electron chi connectivity index (χ2n) is 7.28. The Bertz CT molecular complexity index is 359. The zero-order valence-electron chi connectivity index (χ0n) is 13.3. The van der Waals surface area contributed by atoms with Crippen molar-refractivity contribution in [3.63, 3.8) is 0 Å². The third-order valence-electron chi connectivity index (χ3n) is 5.57. The van der Waals surface area contributed by atoms with E-state index in [4.69, 9.17) is 9.47 Å². The van der Waals surface area contributed by atoms with Gasteiger partial charge in [-0.25, -0.2) is 0 Å². The van der Waals surface area contributed by atoms with Crippen molar-refractivity contribution in [3.8, 4) is 0 Å². The first kappa shape index (κ1) is 15.3. The number of hydrogen-bond donors (Lipinski definition) is 0. The van der Waals surface area contributed by atoms with Crippen molar-refractivity contribution in [2.24, 2.45) is 11.8 Å². The molecule has 3 aliphatic rings. The number of carbonyl (C=O) groups is 1. The Labute approximate surface area is 128 Å². The average molecular weight is 295 g/mol. The summed E-state index contributed by atoms with van der Waals surface area (Å²) in [7, 11) is 1.77. The van der Waals surface area contributed by atoms with Crippen molar-refractivity contribution in [3.05, 3.63) is 0 Å². The van der Waals surface area contributed by atoms with E-state index in [2.05, 4.69) is 0 Å². The SMILES string of the molecule is COCCC1CCOC2(C1)CN(C(=O)CC1CCCC1)C2. The summed E-state index contributed by atoms with van der Waals surface area (Å²) in [6.45, 7) is 3.33. The van der Waals surface area contributed by atoms with Crippen LogP contribution in [0.25, 0.3) is 0 Å². The monoisotopic (exact) mass is 295 g/mol. The fraction of sp³-hybridized carbons (Fsp3) is 0.941. The highest BCUT2D eigenvalue weighted by molar-refractivity contribution is 5.77. The van der Waals surface area contributed by atoms with Gasteiger partial charge < -0.3 is 14.4 Å². The summed E-state index contributed by atoms with van der Waals surface area (Å²) in [4.78, 5) is 14.3. The highest BCUT2D eigenvalue weighted by Crippen LogP contribution is 2.39. The first-order valence-electron chi connectivity index (χ1n) is 8.61. The van der Waals surface area contributed by atoms with E-state index >= 15 is 0 Å². The van der Waals surface area contributed by atoms with E-state index in [0.717, 1.165) is 52.0 Å². The van der Waals surface area contributed by atoms with Crippen molar-refractivity contribution < 1.29 is 14.3 Å². The molecule has 1 atom stereocenters. The van der Waals surface area contributed by atoms with Crippen LogP contribution < -0.4 is 0 Å². The molecule has 4 nitrogen and oxygen atoms in total. The summed E-state index contributed by atoms with van der Waals surface area (Å²) in [5.41, 5.74) is -0.0258. The number of rotatable bonds is 5. The van der Waals surface area contributed by atoms with E-state index in [1.807, 2.05) is 4.90 Å². The average Bonchev–Trinajstić information content (AvgIpc) is 2.95. The molecule has 120 valence electrons. The van der Waals surface area contributed by atoms with Crippen molar-refractivity contribution in [1.29, 1.82) is 0 Å². The lowest BCUT2D eigenvalue weighted by molar-refractivity contribution is -0.189. The van der Waals surface area contributed by atoms with E-state index in [9.17, 15) is 4.79 Å². The number of amides is 1. The van der Waals surface area contributed by atoms with Gasteiger partial charge in [0.25, 0.3) is 0 Å². The van der Waals surface area contributed by atoms with Crippen LogP contribution in [-0.4, -0.2) is 49.8 Å². The maximum absolute atomic E-state index is 12.3. The van der Waals surface area contributed by atoms with Crippen LogP contribution in [0.5, 0.6) is 0 Å². The molecular weight excluding hydrogens is 266 g/mol. The summed E-state index contributed by atoms with van der Waals surface area (Å²) in [5, 5.41) is 0. The summed E-state index contributed by atoms with van der Waals surface area (Å²) < 4.78 is 11.2. The van der Waals surface area contributed by atoms with Crippen LogP contribution in [0.4, 0.5) is 0 Å². The molecule has 0 radical (unpaired) electrons. The van der Waals surface area contributed by atoms with Gasteiger partial charge in [-0.05, 0) is 43.9 Å². The molecule has 1 aliphatic carbocycles. The van der Waals surface area contributed by atoms with Crippen molar-refractivity contribution >= 4 is 5.91 Å². The number of likely N-dealkylation sites (tertiary alicyclic amines) is 1. The second-order valence-corrected chi connectivity index (χ2v) is 7.28. The number of methoxy groups -OCH3 is 1. The van der Waals surface area contributed by atoms with Gasteiger partial charge in [0.2, 0.25) is 5.91 Å². The van der Waals surface area contributed by atoms with Gasteiger partial charge in [0, 0.05) is 26.7 Å². The van der Waals surface area contributed by atoms with Crippen LogP contribution in [0.3, 0.4) is 0 Å². The van der Waals surface area contributed by atoms with Crippen LogP contribution in [-0.2, 0) is 14.3 Å². The van der Waals surface area contributed by atoms with E-state index in [1.165, 1.54) is 25.7 Å². The standard InChI is InChI=1S/C17H29NO3/c1-20-8-6-15-7-9-21-17(11-15)12-18(13-17)16(19)10-14-4-2-3-5-14/h14-15H,2-13H2,1H3. The zero-order valence-corrected chi connectivity index (χ0v) is 13.3. The van der Waals surface area contributed by atoms with E-state index in [1.54, 1.807) is 7.11 Å². The van der Waals surface area contributed by atoms with E-state index < -0.39 is 0 Å². The molecule has 2 aliphatic heterocycles. The van der Waals surface area contributed by atoms with Crippen molar-refractivity contribution in [2.75, 3.05) is 33.4 Å². The smallest absolute Gasteiger partial charge is 0.223 e. The van der Waals surface area contributed by atoms with Crippen molar-refractivity contribution in [2.45, 2.75) is 57.0 Å². The largest absolute Gasteiger partial charge is 0.385 e. The van der Waals surface area contributed by atoms with E-state index in [-0.39, 0.29) is 5.60 Å². The van der Waals surface area contributed by atoms with Gasteiger partial charge in [0.15, 0.2) is 0 Å². The van der Waals surface area contributed by atoms with Crippen LogP contribution in [0, 0.1) is 11.8 Å². The molecule has 4 heteroatoms. The summed E-state index contributed by atoms with van der Waals surface area (Å²) in [6, 6.07) is 0. The minimum Gasteiger partial charge on any atom is -0.385 e. The maximum Gasteiger partial charge on any atom is 0.223 e. The Kier molecular flexibility index (Phi) is 4.85. The fourth-order valence-electron chi connectivity index (χ4n) is 4.30. The minimum atomic E-state index is -0.0258. The molecule has 1 unspecified atom stereocenters. The van der Waals surface area contributed by atoms with E-state index in [0.29, 0.717) is 17.7 Å². The Hall–Kier alpha value is -0.610. The predicted octanol–water partition coefficient (Wildman–Crippen LogP) is 2.61. The normalized spacial score (nSPS) is 28.8. The van der Waals surface area contributed by atoms with Crippen LogP contribution in [0.2, 0.25) is 0 Å². The molecule has 1 spiro atoms. The molecule has 2 saturated heterocycles. The Morgan fingerprint density at radius 3 is 2.71 bits per heavy atom. The molecule has 2 heterocycles. The first-order chi connectivity index (χ1) is 10.2. The van der Waals surface area contributed by atoms with Gasteiger partial charge in [-0.3, -0.25) is 4.79 Å². The Morgan fingerprint density at radius 2 is 2.00 bits per heavy atom. The Morgan fingerprint density at radius 1 is 1.24 bits per heavy atom. The highest BCUT2D eigenvalue weighted by Gasteiger charge is 2.49. The van der Waals surface area contributed by atoms with Gasteiger partial charge in [0.1, 0.15) is 5.60 Å². The summed E-state index contributed by atoms with van der Waals surface area (Å²) in [6.07, 6.45) is 9.25. The quantitative estimate of drug-likeness (QED) is 0.782. The molecule has 0 N–H and O–H groups in total. The highest BCUT2D eigenvalue weighted by atomic mass is 16.5. The topological polar surface area (TPSA) is 38.8 Å². The molecule has 21 heavy (non-hydrogen) atoms. The van der Waals surface area contributed by atoms with Crippen LogP contribution in [0.1, 0.15) is 51.4 Å². The van der Waals surface area contributed by atoms with Crippen molar-refractivity contribution in [1.82, 2.24) is 4.90 Å². The summed E-state index contributed by atoms with van der Waals surface area (Å²) in [5.74, 6) is 1.71. The van der Waals surface area contributed by atoms with Crippen LogP contribution >= 0.6 is 0 Å². The fourth-order valence-corrected chi connectivity index (χ4v) is 4.30. The second kappa shape index (κ2) is 6.66. The maximum atomic E-state index is 12.3. The lowest BCUT2D eigenvalue weighted by Gasteiger charge is -2.53. The molecule has 0 bridgehead atoms. The predicted molar refractivity (Wildman–Crippen MR) is 81.1 cm³/mol. The molecule has 1 saturated carbocycles. The molecule has 3 rings (SSSR count). The third-order valence-corrected chi connectivity index (χ3v) is 5.57. The number of hydrogen-bond acceptors (Lipinski definition) is 3. The molecule has 0 aromatic heterocycles. The molecule has 0 aromatic rings. The number of ether oxygens (including phenoxy) is 2.